The maximum Gasteiger partial charge on any atom is 0.0937 e. The Labute approximate surface area is 93.5 Å². The van der Waals surface area contributed by atoms with Gasteiger partial charge in [-0.05, 0) is 30.4 Å². The van der Waals surface area contributed by atoms with Crippen LogP contribution in [0.5, 0.6) is 0 Å². The molecule has 1 unspecified atom stereocenters. The van der Waals surface area contributed by atoms with E-state index in [-0.39, 0.29) is 0 Å². The Morgan fingerprint density at radius 2 is 2.57 bits per heavy atom. The van der Waals surface area contributed by atoms with Gasteiger partial charge in [0, 0.05) is 24.5 Å². The van der Waals surface area contributed by atoms with Crippen LogP contribution in [0.15, 0.2) is 11.6 Å². The highest BCUT2D eigenvalue weighted by atomic mass is 32.2. The quantitative estimate of drug-likeness (QED) is 0.781. The summed E-state index contributed by atoms with van der Waals surface area (Å²) in [6.45, 7) is 2.27. The molecule has 0 radical (unpaired) electrons. The molecule has 1 aliphatic heterocycles. The van der Waals surface area contributed by atoms with Gasteiger partial charge in [0.05, 0.1) is 5.01 Å². The normalized spacial score (nSPS) is 21.6. The van der Waals surface area contributed by atoms with E-state index in [0.29, 0.717) is 0 Å². The number of rotatable bonds is 5. The predicted octanol–water partition coefficient (Wildman–Crippen LogP) is 2.03. The molecule has 1 fully saturated rings. The summed E-state index contributed by atoms with van der Waals surface area (Å²) >= 11 is 3.84. The van der Waals surface area contributed by atoms with Crippen LogP contribution in [-0.4, -0.2) is 29.6 Å². The molecule has 1 saturated heterocycles. The zero-order chi connectivity index (χ0) is 9.64. The largest absolute Gasteiger partial charge is 0.316 e. The first kappa shape index (κ1) is 10.5. The van der Waals surface area contributed by atoms with E-state index < -0.39 is 0 Å². The van der Waals surface area contributed by atoms with Crippen LogP contribution in [0.3, 0.4) is 0 Å². The highest BCUT2D eigenvalue weighted by Crippen LogP contribution is 2.22. The van der Waals surface area contributed by atoms with Gasteiger partial charge in [-0.3, -0.25) is 0 Å². The average Bonchev–Trinajstić information content (AvgIpc) is 2.86. The molecule has 4 heteroatoms. The van der Waals surface area contributed by atoms with Crippen LogP contribution < -0.4 is 5.32 Å². The van der Waals surface area contributed by atoms with Crippen LogP contribution in [0.2, 0.25) is 0 Å². The smallest absolute Gasteiger partial charge is 0.0937 e. The third kappa shape index (κ3) is 3.26. The second-order valence-corrected chi connectivity index (χ2v) is 5.74. The fraction of sp³-hybridized carbons (Fsp3) is 0.700. The van der Waals surface area contributed by atoms with Crippen molar-refractivity contribution in [2.75, 3.05) is 24.6 Å². The lowest BCUT2D eigenvalue weighted by Gasteiger charge is -2.08. The predicted molar refractivity (Wildman–Crippen MR) is 64.1 cm³/mol. The lowest BCUT2D eigenvalue weighted by Crippen LogP contribution is -2.24. The monoisotopic (exact) mass is 228 g/mol. The molecule has 0 saturated carbocycles. The Bertz CT molecular complexity index is 243. The number of nitrogens with zero attached hydrogens (tertiary/aromatic N) is 1. The van der Waals surface area contributed by atoms with Gasteiger partial charge in [-0.2, -0.15) is 11.8 Å². The summed E-state index contributed by atoms with van der Waals surface area (Å²) in [6.07, 6.45) is 4.36. The van der Waals surface area contributed by atoms with E-state index in [4.69, 9.17) is 0 Å². The van der Waals surface area contributed by atoms with Crippen LogP contribution in [0.25, 0.3) is 0 Å². The summed E-state index contributed by atoms with van der Waals surface area (Å²) in [4.78, 5) is 4.26. The molecule has 2 heterocycles. The molecule has 1 aromatic heterocycles. The number of thiazole rings is 1. The van der Waals surface area contributed by atoms with Crippen LogP contribution >= 0.6 is 23.1 Å². The minimum Gasteiger partial charge on any atom is -0.316 e. The van der Waals surface area contributed by atoms with Crippen LogP contribution in [-0.2, 0) is 6.42 Å². The third-order valence-electron chi connectivity index (χ3n) is 2.46. The molecule has 1 N–H and O–H groups in total. The molecule has 0 amide bonds. The van der Waals surface area contributed by atoms with Gasteiger partial charge < -0.3 is 5.32 Å². The van der Waals surface area contributed by atoms with Gasteiger partial charge in [-0.15, -0.1) is 11.3 Å². The zero-order valence-electron chi connectivity index (χ0n) is 8.24. The Kier molecular flexibility index (Phi) is 4.28. The topological polar surface area (TPSA) is 24.9 Å². The van der Waals surface area contributed by atoms with E-state index in [1.54, 1.807) is 11.3 Å². The van der Waals surface area contributed by atoms with Gasteiger partial charge in [-0.1, -0.05) is 0 Å². The van der Waals surface area contributed by atoms with Gasteiger partial charge in [0.1, 0.15) is 0 Å². The van der Waals surface area contributed by atoms with Crippen molar-refractivity contribution >= 4 is 23.1 Å². The molecular weight excluding hydrogens is 212 g/mol. The van der Waals surface area contributed by atoms with Crippen molar-refractivity contribution in [3.63, 3.8) is 0 Å². The molecule has 0 spiro atoms. The highest BCUT2D eigenvalue weighted by Gasteiger charge is 2.14. The van der Waals surface area contributed by atoms with E-state index in [1.807, 2.05) is 11.6 Å². The average molecular weight is 228 g/mol. The van der Waals surface area contributed by atoms with Crippen molar-refractivity contribution in [1.29, 1.82) is 0 Å². The standard InChI is InChI=1S/C10H16N2S2/c1(10-12-4-6-14-10)3-11-7-9-2-5-13-8-9/h4,6,9,11H,1-3,5,7-8H2. The second-order valence-electron chi connectivity index (χ2n) is 3.61. The minimum atomic E-state index is 0.913. The van der Waals surface area contributed by atoms with Crippen molar-refractivity contribution < 1.29 is 0 Å². The van der Waals surface area contributed by atoms with E-state index in [0.717, 1.165) is 18.9 Å². The summed E-state index contributed by atoms with van der Waals surface area (Å²) in [6, 6.07) is 0. The van der Waals surface area contributed by atoms with Gasteiger partial charge in [0.25, 0.3) is 0 Å². The summed E-state index contributed by atoms with van der Waals surface area (Å²) in [5, 5.41) is 6.81. The number of hydrogen-bond acceptors (Lipinski definition) is 4. The Morgan fingerprint density at radius 3 is 3.29 bits per heavy atom. The lowest BCUT2D eigenvalue weighted by molar-refractivity contribution is 0.525. The van der Waals surface area contributed by atoms with Crippen molar-refractivity contribution in [1.82, 2.24) is 10.3 Å². The first-order chi connectivity index (χ1) is 6.95. The van der Waals surface area contributed by atoms with Crippen LogP contribution in [0.1, 0.15) is 11.4 Å². The minimum absolute atomic E-state index is 0.913. The fourth-order valence-corrected chi connectivity index (χ4v) is 3.53. The van der Waals surface area contributed by atoms with Gasteiger partial charge in [-0.25, -0.2) is 4.98 Å². The molecule has 1 aliphatic rings. The fourth-order valence-electron chi connectivity index (χ4n) is 1.62. The molecule has 2 rings (SSSR count). The number of nitrogens with one attached hydrogen (secondary N) is 1. The second kappa shape index (κ2) is 5.73. The van der Waals surface area contributed by atoms with Crippen LogP contribution in [0.4, 0.5) is 0 Å². The van der Waals surface area contributed by atoms with E-state index in [9.17, 15) is 0 Å². The van der Waals surface area contributed by atoms with Crippen LogP contribution in [0, 0.1) is 5.92 Å². The molecule has 2 nitrogen and oxygen atoms in total. The van der Waals surface area contributed by atoms with E-state index >= 15 is 0 Å². The van der Waals surface area contributed by atoms with Gasteiger partial charge in [0.2, 0.25) is 0 Å². The molecule has 78 valence electrons. The first-order valence-corrected chi connectivity index (χ1v) is 7.15. The van der Waals surface area contributed by atoms with E-state index in [2.05, 4.69) is 22.1 Å². The van der Waals surface area contributed by atoms with Gasteiger partial charge >= 0.3 is 0 Å². The van der Waals surface area contributed by atoms with Crippen molar-refractivity contribution in [2.24, 2.45) is 5.92 Å². The maximum absolute atomic E-state index is 4.26. The molecule has 14 heavy (non-hydrogen) atoms. The first-order valence-electron chi connectivity index (χ1n) is 5.12. The highest BCUT2D eigenvalue weighted by molar-refractivity contribution is 7.99. The van der Waals surface area contributed by atoms with Crippen molar-refractivity contribution in [3.8, 4) is 0 Å². The summed E-state index contributed by atoms with van der Waals surface area (Å²) < 4.78 is 0. The van der Waals surface area contributed by atoms with E-state index in [1.165, 1.54) is 29.5 Å². The Morgan fingerprint density at radius 1 is 1.57 bits per heavy atom. The SMILES string of the molecule is c1csc(CCNCC2CCSC2)n1. The molecular formula is C10H16N2S2. The number of thioether (sulfide) groups is 1. The zero-order valence-corrected chi connectivity index (χ0v) is 9.87. The Balaban J connectivity index is 1.55. The molecule has 0 aromatic carbocycles. The third-order valence-corrected chi connectivity index (χ3v) is 4.53. The molecule has 0 aliphatic carbocycles. The van der Waals surface area contributed by atoms with Crippen molar-refractivity contribution in [3.05, 3.63) is 16.6 Å². The van der Waals surface area contributed by atoms with Crippen molar-refractivity contribution in [2.45, 2.75) is 12.8 Å². The maximum atomic E-state index is 4.26. The summed E-state index contributed by atoms with van der Waals surface area (Å²) in [7, 11) is 0. The lowest BCUT2D eigenvalue weighted by atomic mass is 10.1. The molecule has 0 bridgehead atoms. The summed E-state index contributed by atoms with van der Waals surface area (Å²) in [5.41, 5.74) is 0. The Hall–Kier alpha value is -0.0600. The molecule has 1 aromatic rings. The number of aromatic nitrogens is 1. The van der Waals surface area contributed by atoms with Gasteiger partial charge in [0.15, 0.2) is 0 Å². The summed E-state index contributed by atoms with van der Waals surface area (Å²) in [5.74, 6) is 3.62. The number of hydrogen-bond donors (Lipinski definition) is 1. The molecule has 1 atom stereocenters.